The highest BCUT2D eigenvalue weighted by atomic mass is 32.2. The highest BCUT2D eigenvalue weighted by molar-refractivity contribution is 7.88. The standard InChI is InChI=1S/C20H31N5O4S/c1-14(2)18(23-30(5,26)27)20-22-21-17-9-10-24(11-12-25(17)20)13-15-7-6-8-16(28-3)19(15)29-4/h6-8,14,18,23H,9-13H2,1-5H3/t18-/m0/s1. The van der Waals surface area contributed by atoms with Gasteiger partial charge in [0.1, 0.15) is 5.82 Å². The van der Waals surface area contributed by atoms with Gasteiger partial charge in [-0.25, -0.2) is 13.1 Å². The molecule has 0 saturated carbocycles. The van der Waals surface area contributed by atoms with Gasteiger partial charge in [-0.2, -0.15) is 0 Å². The van der Waals surface area contributed by atoms with Gasteiger partial charge in [0.2, 0.25) is 10.0 Å². The molecule has 30 heavy (non-hydrogen) atoms. The molecule has 0 radical (unpaired) electrons. The van der Waals surface area contributed by atoms with Crippen LogP contribution in [0.5, 0.6) is 11.5 Å². The summed E-state index contributed by atoms with van der Waals surface area (Å²) in [4.78, 5) is 2.34. The number of hydrogen-bond acceptors (Lipinski definition) is 7. The molecular weight excluding hydrogens is 406 g/mol. The Hall–Kier alpha value is -2.17. The lowest BCUT2D eigenvalue weighted by Gasteiger charge is -2.23. The molecule has 1 aromatic heterocycles. The highest BCUT2D eigenvalue weighted by Gasteiger charge is 2.28. The Labute approximate surface area is 178 Å². The maximum Gasteiger partial charge on any atom is 0.209 e. The Balaban J connectivity index is 1.79. The smallest absolute Gasteiger partial charge is 0.209 e. The molecule has 9 nitrogen and oxygen atoms in total. The largest absolute Gasteiger partial charge is 0.493 e. The molecule has 0 unspecified atom stereocenters. The van der Waals surface area contributed by atoms with E-state index >= 15 is 0 Å². The molecule has 0 bridgehead atoms. The van der Waals surface area contributed by atoms with Crippen LogP contribution in [0.4, 0.5) is 0 Å². The van der Waals surface area contributed by atoms with E-state index in [0.29, 0.717) is 12.4 Å². The number of para-hydroxylation sites is 1. The molecule has 166 valence electrons. The van der Waals surface area contributed by atoms with Crippen LogP contribution in [-0.4, -0.2) is 61.6 Å². The molecular formula is C20H31N5O4S. The summed E-state index contributed by atoms with van der Waals surface area (Å²) in [6, 6.07) is 5.49. The second-order valence-corrected chi connectivity index (χ2v) is 9.70. The number of ether oxygens (including phenoxy) is 2. The molecule has 0 fully saturated rings. The van der Waals surface area contributed by atoms with Gasteiger partial charge in [0.05, 0.1) is 26.5 Å². The average Bonchev–Trinajstić information content (AvgIpc) is 2.98. The molecule has 1 atom stereocenters. The second kappa shape index (κ2) is 9.32. The minimum absolute atomic E-state index is 0.0495. The molecule has 0 amide bonds. The van der Waals surface area contributed by atoms with Gasteiger partial charge in [-0.15, -0.1) is 10.2 Å². The van der Waals surface area contributed by atoms with E-state index in [0.717, 1.165) is 48.9 Å². The molecule has 2 heterocycles. The first-order valence-electron chi connectivity index (χ1n) is 10.0. The molecule has 3 rings (SSSR count). The van der Waals surface area contributed by atoms with E-state index < -0.39 is 16.1 Å². The molecule has 1 aliphatic rings. The number of rotatable bonds is 8. The first kappa shape index (κ1) is 22.5. The lowest BCUT2D eigenvalue weighted by atomic mass is 10.1. The summed E-state index contributed by atoms with van der Waals surface area (Å²) in [7, 11) is -0.0765. The maximum atomic E-state index is 11.8. The first-order valence-corrected chi connectivity index (χ1v) is 11.9. The van der Waals surface area contributed by atoms with E-state index in [1.54, 1.807) is 14.2 Å². The molecule has 1 aromatic carbocycles. The quantitative estimate of drug-likeness (QED) is 0.670. The predicted octanol–water partition coefficient (Wildman–Crippen LogP) is 1.60. The van der Waals surface area contributed by atoms with Gasteiger partial charge in [0, 0.05) is 38.2 Å². The summed E-state index contributed by atoms with van der Waals surface area (Å²) in [5.74, 6) is 3.07. The van der Waals surface area contributed by atoms with E-state index in [1.165, 1.54) is 6.26 Å². The average molecular weight is 438 g/mol. The summed E-state index contributed by atoms with van der Waals surface area (Å²) in [5, 5.41) is 8.69. The van der Waals surface area contributed by atoms with Crippen molar-refractivity contribution >= 4 is 10.0 Å². The van der Waals surface area contributed by atoms with Gasteiger partial charge in [0.25, 0.3) is 0 Å². The minimum Gasteiger partial charge on any atom is -0.493 e. The Morgan fingerprint density at radius 1 is 1.13 bits per heavy atom. The zero-order chi connectivity index (χ0) is 21.9. The molecule has 0 aliphatic carbocycles. The van der Waals surface area contributed by atoms with Crippen LogP contribution in [0.3, 0.4) is 0 Å². The Morgan fingerprint density at radius 3 is 2.53 bits per heavy atom. The third kappa shape index (κ3) is 5.11. The molecule has 0 saturated heterocycles. The van der Waals surface area contributed by atoms with Crippen LogP contribution in [0.1, 0.15) is 37.1 Å². The first-order chi connectivity index (χ1) is 14.2. The third-order valence-corrected chi connectivity index (χ3v) is 5.99. The van der Waals surface area contributed by atoms with Crippen molar-refractivity contribution < 1.29 is 17.9 Å². The summed E-state index contributed by atoms with van der Waals surface area (Å²) < 4.78 is 39.4. The fourth-order valence-electron chi connectivity index (χ4n) is 3.81. The predicted molar refractivity (Wildman–Crippen MR) is 114 cm³/mol. The molecule has 0 spiro atoms. The lowest BCUT2D eigenvalue weighted by Crippen LogP contribution is -2.33. The summed E-state index contributed by atoms with van der Waals surface area (Å²) in [6.45, 7) is 6.99. The minimum atomic E-state index is -3.36. The lowest BCUT2D eigenvalue weighted by molar-refractivity contribution is 0.262. The second-order valence-electron chi connectivity index (χ2n) is 7.92. The van der Waals surface area contributed by atoms with Crippen LogP contribution in [0.15, 0.2) is 18.2 Å². The van der Waals surface area contributed by atoms with E-state index in [-0.39, 0.29) is 5.92 Å². The van der Waals surface area contributed by atoms with Gasteiger partial charge >= 0.3 is 0 Å². The van der Waals surface area contributed by atoms with E-state index in [4.69, 9.17) is 9.47 Å². The van der Waals surface area contributed by atoms with Gasteiger partial charge < -0.3 is 14.0 Å². The van der Waals surface area contributed by atoms with Crippen molar-refractivity contribution in [3.8, 4) is 11.5 Å². The van der Waals surface area contributed by atoms with Crippen molar-refractivity contribution in [1.82, 2.24) is 24.4 Å². The van der Waals surface area contributed by atoms with Crippen molar-refractivity contribution in [1.29, 1.82) is 0 Å². The Morgan fingerprint density at radius 2 is 1.90 bits per heavy atom. The molecule has 1 N–H and O–H groups in total. The normalized spacial score (nSPS) is 16.2. The van der Waals surface area contributed by atoms with Crippen molar-refractivity contribution in [2.45, 2.75) is 39.4 Å². The number of nitrogens with one attached hydrogen (secondary N) is 1. The summed E-state index contributed by atoms with van der Waals surface area (Å²) in [5.41, 5.74) is 1.06. The van der Waals surface area contributed by atoms with Crippen molar-refractivity contribution in [2.75, 3.05) is 33.6 Å². The van der Waals surface area contributed by atoms with Gasteiger partial charge in [-0.1, -0.05) is 26.0 Å². The molecule has 2 aromatic rings. The number of benzene rings is 1. The van der Waals surface area contributed by atoms with E-state index in [9.17, 15) is 8.42 Å². The fourth-order valence-corrected chi connectivity index (χ4v) is 4.65. The Kier molecular flexibility index (Phi) is 6.99. The fraction of sp³-hybridized carbons (Fsp3) is 0.600. The SMILES string of the molecule is COc1cccc(CN2CCc3nnc([C@@H](NS(C)(=O)=O)C(C)C)n3CC2)c1OC. The van der Waals surface area contributed by atoms with Crippen LogP contribution < -0.4 is 14.2 Å². The molecule has 1 aliphatic heterocycles. The summed E-state index contributed by atoms with van der Waals surface area (Å²) in [6.07, 6.45) is 1.91. The van der Waals surface area contributed by atoms with Crippen LogP contribution in [-0.2, 0) is 29.5 Å². The Bertz CT molecular complexity index is 974. The number of hydrogen-bond donors (Lipinski definition) is 1. The van der Waals surface area contributed by atoms with Crippen LogP contribution in [0.2, 0.25) is 0 Å². The van der Waals surface area contributed by atoms with Gasteiger partial charge in [-0.3, -0.25) is 4.90 Å². The number of sulfonamides is 1. The van der Waals surface area contributed by atoms with Crippen LogP contribution in [0, 0.1) is 5.92 Å². The summed E-state index contributed by atoms with van der Waals surface area (Å²) >= 11 is 0. The topological polar surface area (TPSA) is 98.6 Å². The number of nitrogens with zero attached hydrogens (tertiary/aromatic N) is 4. The third-order valence-electron chi connectivity index (χ3n) is 5.31. The zero-order valence-electron chi connectivity index (χ0n) is 18.3. The number of fused-ring (bicyclic) bond motifs is 1. The monoisotopic (exact) mass is 437 g/mol. The van der Waals surface area contributed by atoms with E-state index in [2.05, 4.69) is 24.4 Å². The zero-order valence-corrected chi connectivity index (χ0v) is 19.1. The van der Waals surface area contributed by atoms with Crippen molar-refractivity contribution in [3.63, 3.8) is 0 Å². The van der Waals surface area contributed by atoms with Crippen LogP contribution in [0.25, 0.3) is 0 Å². The number of methoxy groups -OCH3 is 2. The van der Waals surface area contributed by atoms with Crippen molar-refractivity contribution in [2.24, 2.45) is 5.92 Å². The molecule has 10 heteroatoms. The highest BCUT2D eigenvalue weighted by Crippen LogP contribution is 2.32. The van der Waals surface area contributed by atoms with Gasteiger partial charge in [0.15, 0.2) is 17.3 Å². The number of aromatic nitrogens is 3. The van der Waals surface area contributed by atoms with E-state index in [1.807, 2.05) is 32.0 Å². The van der Waals surface area contributed by atoms with Crippen LogP contribution >= 0.6 is 0 Å². The van der Waals surface area contributed by atoms with Crippen molar-refractivity contribution in [3.05, 3.63) is 35.4 Å². The van der Waals surface area contributed by atoms with Gasteiger partial charge in [-0.05, 0) is 12.0 Å². The maximum absolute atomic E-state index is 11.8.